The minimum atomic E-state index is -0.0967. The lowest BCUT2D eigenvalue weighted by atomic mass is 10.1. The molecule has 4 nitrogen and oxygen atoms in total. The first-order valence-corrected chi connectivity index (χ1v) is 6.79. The lowest BCUT2D eigenvalue weighted by Crippen LogP contribution is -2.43. The fraction of sp³-hybridized carbons (Fsp3) is 0.533. The third-order valence-corrected chi connectivity index (χ3v) is 3.64. The lowest BCUT2D eigenvalue weighted by molar-refractivity contribution is -0.123. The zero-order chi connectivity index (χ0) is 13.8. The van der Waals surface area contributed by atoms with Crippen molar-refractivity contribution in [2.75, 3.05) is 13.2 Å². The van der Waals surface area contributed by atoms with Gasteiger partial charge in [0.15, 0.2) is 6.61 Å². The first kappa shape index (κ1) is 13.9. The Morgan fingerprint density at radius 2 is 2.16 bits per heavy atom. The van der Waals surface area contributed by atoms with Crippen LogP contribution in [0.25, 0.3) is 0 Å². The number of amides is 1. The summed E-state index contributed by atoms with van der Waals surface area (Å²) in [5, 5.41) is 2.94. The predicted molar refractivity (Wildman–Crippen MR) is 75.1 cm³/mol. The number of nitrogens with two attached hydrogens (primary N) is 1. The van der Waals surface area contributed by atoms with E-state index in [4.69, 9.17) is 10.5 Å². The zero-order valence-corrected chi connectivity index (χ0v) is 11.6. The molecule has 1 aliphatic carbocycles. The van der Waals surface area contributed by atoms with Gasteiger partial charge in [-0.05, 0) is 55.9 Å². The van der Waals surface area contributed by atoms with Crippen molar-refractivity contribution in [3.8, 4) is 5.75 Å². The second kappa shape index (κ2) is 6.06. The molecule has 0 spiro atoms. The van der Waals surface area contributed by atoms with Crippen LogP contribution in [0.15, 0.2) is 18.2 Å². The van der Waals surface area contributed by atoms with E-state index in [1.165, 1.54) is 18.4 Å². The number of aryl methyl sites for hydroxylation is 2. The second-order valence-electron chi connectivity index (χ2n) is 5.28. The van der Waals surface area contributed by atoms with Gasteiger partial charge in [-0.2, -0.15) is 0 Å². The Kier molecular flexibility index (Phi) is 4.43. The van der Waals surface area contributed by atoms with Crippen LogP contribution in [0.1, 0.15) is 24.0 Å². The van der Waals surface area contributed by atoms with E-state index < -0.39 is 0 Å². The maximum absolute atomic E-state index is 11.8. The third-order valence-electron chi connectivity index (χ3n) is 3.64. The standard InChI is InChI=1S/C15H22N2O2/c1-10-3-6-13(7-11(10)2)19-9-15(18)17-14(8-16)12-4-5-12/h3,6-7,12,14H,4-5,8-9,16H2,1-2H3,(H,17,18). The molecular formula is C15H22N2O2. The molecule has 1 saturated carbocycles. The number of benzene rings is 1. The van der Waals surface area contributed by atoms with Crippen LogP contribution in [-0.2, 0) is 4.79 Å². The summed E-state index contributed by atoms with van der Waals surface area (Å²) in [4.78, 5) is 11.8. The Morgan fingerprint density at radius 3 is 2.74 bits per heavy atom. The molecule has 1 fully saturated rings. The Labute approximate surface area is 114 Å². The van der Waals surface area contributed by atoms with Gasteiger partial charge in [0, 0.05) is 12.6 Å². The van der Waals surface area contributed by atoms with Crippen LogP contribution in [-0.4, -0.2) is 25.1 Å². The van der Waals surface area contributed by atoms with E-state index >= 15 is 0 Å². The molecule has 0 aromatic heterocycles. The molecule has 1 atom stereocenters. The first-order valence-electron chi connectivity index (χ1n) is 6.79. The van der Waals surface area contributed by atoms with Crippen molar-refractivity contribution in [1.82, 2.24) is 5.32 Å². The van der Waals surface area contributed by atoms with E-state index in [1.807, 2.05) is 32.0 Å². The van der Waals surface area contributed by atoms with Crippen LogP contribution in [0.5, 0.6) is 5.75 Å². The number of rotatable bonds is 6. The minimum absolute atomic E-state index is 0.0473. The Bertz CT molecular complexity index is 455. The molecule has 1 aromatic carbocycles. The highest BCUT2D eigenvalue weighted by Crippen LogP contribution is 2.32. The Morgan fingerprint density at radius 1 is 1.42 bits per heavy atom. The molecule has 2 rings (SSSR count). The van der Waals surface area contributed by atoms with Crippen LogP contribution in [0.2, 0.25) is 0 Å². The van der Waals surface area contributed by atoms with Crippen LogP contribution in [0.3, 0.4) is 0 Å². The Hall–Kier alpha value is -1.55. The van der Waals surface area contributed by atoms with Gasteiger partial charge in [-0.3, -0.25) is 4.79 Å². The number of ether oxygens (including phenoxy) is 1. The van der Waals surface area contributed by atoms with Gasteiger partial charge in [0.25, 0.3) is 5.91 Å². The molecule has 0 saturated heterocycles. The highest BCUT2D eigenvalue weighted by atomic mass is 16.5. The van der Waals surface area contributed by atoms with Gasteiger partial charge in [0.2, 0.25) is 0 Å². The van der Waals surface area contributed by atoms with Gasteiger partial charge in [0.05, 0.1) is 0 Å². The second-order valence-corrected chi connectivity index (χ2v) is 5.28. The quantitative estimate of drug-likeness (QED) is 0.817. The number of carbonyl (C=O) groups excluding carboxylic acids is 1. The van der Waals surface area contributed by atoms with Crippen molar-refractivity contribution in [2.24, 2.45) is 11.7 Å². The Balaban J connectivity index is 1.80. The van der Waals surface area contributed by atoms with Crippen molar-refractivity contribution in [3.05, 3.63) is 29.3 Å². The summed E-state index contributed by atoms with van der Waals surface area (Å²) in [5.41, 5.74) is 8.03. The number of nitrogens with one attached hydrogen (secondary N) is 1. The van der Waals surface area contributed by atoms with Crippen LogP contribution in [0.4, 0.5) is 0 Å². The highest BCUT2D eigenvalue weighted by Gasteiger charge is 2.31. The molecule has 0 heterocycles. The van der Waals surface area contributed by atoms with Gasteiger partial charge < -0.3 is 15.8 Å². The molecule has 1 aliphatic rings. The largest absolute Gasteiger partial charge is 0.484 e. The summed E-state index contributed by atoms with van der Waals surface area (Å²) in [7, 11) is 0. The summed E-state index contributed by atoms with van der Waals surface area (Å²) in [5.74, 6) is 1.20. The normalized spacial score (nSPS) is 15.9. The van der Waals surface area contributed by atoms with E-state index in [9.17, 15) is 4.79 Å². The molecule has 4 heteroatoms. The van der Waals surface area contributed by atoms with Crippen molar-refractivity contribution < 1.29 is 9.53 Å². The molecule has 19 heavy (non-hydrogen) atoms. The van der Waals surface area contributed by atoms with E-state index in [-0.39, 0.29) is 18.6 Å². The summed E-state index contributed by atoms with van der Waals surface area (Å²) >= 11 is 0. The van der Waals surface area contributed by atoms with Crippen LogP contribution >= 0.6 is 0 Å². The predicted octanol–water partition coefficient (Wildman–Crippen LogP) is 1.54. The fourth-order valence-corrected chi connectivity index (χ4v) is 2.07. The van der Waals surface area contributed by atoms with Gasteiger partial charge >= 0.3 is 0 Å². The highest BCUT2D eigenvalue weighted by molar-refractivity contribution is 5.78. The molecule has 1 unspecified atom stereocenters. The number of hydrogen-bond donors (Lipinski definition) is 2. The van der Waals surface area contributed by atoms with E-state index in [2.05, 4.69) is 5.32 Å². The smallest absolute Gasteiger partial charge is 0.258 e. The molecule has 104 valence electrons. The molecule has 0 aliphatic heterocycles. The SMILES string of the molecule is Cc1ccc(OCC(=O)NC(CN)C2CC2)cc1C. The fourth-order valence-electron chi connectivity index (χ4n) is 2.07. The maximum atomic E-state index is 11.8. The van der Waals surface area contributed by atoms with Gasteiger partial charge in [-0.15, -0.1) is 0 Å². The molecule has 1 amide bonds. The van der Waals surface area contributed by atoms with Gasteiger partial charge in [0.1, 0.15) is 5.75 Å². The molecule has 1 aromatic rings. The van der Waals surface area contributed by atoms with E-state index in [0.717, 1.165) is 11.3 Å². The van der Waals surface area contributed by atoms with Crippen LogP contribution < -0.4 is 15.8 Å². The molecule has 0 radical (unpaired) electrons. The van der Waals surface area contributed by atoms with Crippen molar-refractivity contribution in [2.45, 2.75) is 32.7 Å². The van der Waals surface area contributed by atoms with Gasteiger partial charge in [-0.1, -0.05) is 6.07 Å². The summed E-state index contributed by atoms with van der Waals surface area (Å²) < 4.78 is 5.50. The first-order chi connectivity index (χ1) is 9.10. The third kappa shape index (κ3) is 3.96. The summed E-state index contributed by atoms with van der Waals surface area (Å²) in [6.07, 6.45) is 2.33. The number of hydrogen-bond acceptors (Lipinski definition) is 3. The van der Waals surface area contributed by atoms with E-state index in [0.29, 0.717) is 12.5 Å². The molecular weight excluding hydrogens is 240 g/mol. The topological polar surface area (TPSA) is 64.3 Å². The monoisotopic (exact) mass is 262 g/mol. The van der Waals surface area contributed by atoms with Crippen molar-refractivity contribution >= 4 is 5.91 Å². The van der Waals surface area contributed by atoms with Crippen molar-refractivity contribution in [1.29, 1.82) is 0 Å². The zero-order valence-electron chi connectivity index (χ0n) is 11.6. The maximum Gasteiger partial charge on any atom is 0.258 e. The minimum Gasteiger partial charge on any atom is -0.484 e. The summed E-state index contributed by atoms with van der Waals surface area (Å²) in [6, 6.07) is 5.94. The average molecular weight is 262 g/mol. The average Bonchev–Trinajstić information content (AvgIpc) is 3.21. The van der Waals surface area contributed by atoms with E-state index in [1.54, 1.807) is 0 Å². The molecule has 3 N–H and O–H groups in total. The lowest BCUT2D eigenvalue weighted by Gasteiger charge is -2.16. The van der Waals surface area contributed by atoms with Gasteiger partial charge in [-0.25, -0.2) is 0 Å². The number of carbonyl (C=O) groups is 1. The molecule has 0 bridgehead atoms. The van der Waals surface area contributed by atoms with Crippen molar-refractivity contribution in [3.63, 3.8) is 0 Å². The summed E-state index contributed by atoms with van der Waals surface area (Å²) in [6.45, 7) is 4.62. The van der Waals surface area contributed by atoms with Crippen LogP contribution in [0, 0.1) is 19.8 Å².